The van der Waals surface area contributed by atoms with Crippen molar-refractivity contribution in [2.24, 2.45) is 7.05 Å². The number of aromatic amines is 1. The zero-order chi connectivity index (χ0) is 28.0. The molecule has 7 nitrogen and oxygen atoms in total. The van der Waals surface area contributed by atoms with E-state index >= 15 is 0 Å². The van der Waals surface area contributed by atoms with Gasteiger partial charge in [0.2, 0.25) is 0 Å². The molecule has 0 bridgehead atoms. The molecular weight excluding hydrogens is 524 g/mol. The average molecular weight is 551 g/mol. The predicted octanol–water partition coefficient (Wildman–Crippen LogP) is 6.07. The van der Waals surface area contributed by atoms with Crippen molar-refractivity contribution in [1.29, 1.82) is 0 Å². The normalized spacial score (nSPS) is 16.6. The Hall–Kier alpha value is -4.09. The van der Waals surface area contributed by atoms with Crippen molar-refractivity contribution in [3.05, 3.63) is 77.9 Å². The molecule has 3 aromatic carbocycles. The summed E-state index contributed by atoms with van der Waals surface area (Å²) in [5.41, 5.74) is 2.55. The van der Waals surface area contributed by atoms with Gasteiger partial charge in [-0.25, -0.2) is 9.37 Å². The van der Waals surface area contributed by atoms with Crippen LogP contribution in [0.25, 0.3) is 44.9 Å². The van der Waals surface area contributed by atoms with Crippen molar-refractivity contribution in [2.45, 2.75) is 25.7 Å². The molecule has 0 spiro atoms. The van der Waals surface area contributed by atoms with E-state index in [2.05, 4.69) is 25.1 Å². The first-order valence-electron chi connectivity index (χ1n) is 12.8. The third-order valence-corrected chi connectivity index (χ3v) is 7.07. The second-order valence-corrected chi connectivity index (χ2v) is 10.1. The van der Waals surface area contributed by atoms with E-state index in [-0.39, 0.29) is 17.1 Å². The van der Waals surface area contributed by atoms with E-state index in [0.717, 1.165) is 5.56 Å². The van der Waals surface area contributed by atoms with Gasteiger partial charge < -0.3 is 14.3 Å². The third kappa shape index (κ3) is 5.09. The molecule has 2 aromatic heterocycles. The summed E-state index contributed by atoms with van der Waals surface area (Å²) in [7, 11) is 1.76. The number of ether oxygens (including phenoxy) is 1. The number of imidazole rings is 1. The molecule has 1 atom stereocenters. The molecule has 3 heterocycles. The predicted molar refractivity (Wildman–Crippen MR) is 143 cm³/mol. The molecule has 1 N–H and O–H groups in total. The molecule has 1 aliphatic heterocycles. The van der Waals surface area contributed by atoms with E-state index < -0.39 is 17.6 Å². The molecule has 1 aliphatic rings. The minimum absolute atomic E-state index is 0.0270. The number of hydrogen-bond acceptors (Lipinski definition) is 5. The fourth-order valence-electron chi connectivity index (χ4n) is 5.23. The fourth-order valence-corrected chi connectivity index (χ4v) is 5.23. The molecule has 6 rings (SSSR count). The highest BCUT2D eigenvalue weighted by Gasteiger charge is 2.34. The average Bonchev–Trinajstić information content (AvgIpc) is 3.54. The van der Waals surface area contributed by atoms with Crippen LogP contribution in [0, 0.1) is 5.82 Å². The van der Waals surface area contributed by atoms with Crippen molar-refractivity contribution in [3.8, 4) is 33.9 Å². The lowest BCUT2D eigenvalue weighted by molar-refractivity contribution is -0.136. The van der Waals surface area contributed by atoms with Gasteiger partial charge in [0.1, 0.15) is 18.0 Å². The van der Waals surface area contributed by atoms with Crippen molar-refractivity contribution in [2.75, 3.05) is 19.7 Å². The number of rotatable bonds is 5. The van der Waals surface area contributed by atoms with Crippen molar-refractivity contribution in [1.82, 2.24) is 29.6 Å². The van der Waals surface area contributed by atoms with Gasteiger partial charge in [0.15, 0.2) is 5.82 Å². The smallest absolute Gasteiger partial charge is 0.376 e. The summed E-state index contributed by atoms with van der Waals surface area (Å²) < 4.78 is 63.9. The molecule has 0 unspecified atom stereocenters. The molecule has 0 radical (unpaired) electrons. The number of aromatic nitrogens is 5. The highest BCUT2D eigenvalue weighted by atomic mass is 19.4. The van der Waals surface area contributed by atoms with Crippen LogP contribution >= 0.6 is 0 Å². The van der Waals surface area contributed by atoms with E-state index in [9.17, 15) is 17.6 Å². The fraction of sp³-hybridized carbons (Fsp3) is 0.276. The summed E-state index contributed by atoms with van der Waals surface area (Å²) in [5.74, 6) is 0.375. The van der Waals surface area contributed by atoms with Crippen LogP contribution in [0.3, 0.4) is 0 Å². The minimum atomic E-state index is -4.56. The summed E-state index contributed by atoms with van der Waals surface area (Å²) in [5, 5.41) is 8.02. The Morgan fingerprint density at radius 2 is 1.88 bits per heavy atom. The molecule has 206 valence electrons. The largest absolute Gasteiger partial charge is 0.418 e. The number of alkyl halides is 3. The third-order valence-electron chi connectivity index (χ3n) is 7.07. The van der Waals surface area contributed by atoms with Crippen molar-refractivity contribution in [3.63, 3.8) is 0 Å². The van der Waals surface area contributed by atoms with Crippen LogP contribution in [-0.2, 0) is 24.5 Å². The number of nitrogens with one attached hydrogen (secondary N) is 1. The summed E-state index contributed by atoms with van der Waals surface area (Å²) in [6, 6.07) is 14.5. The topological polar surface area (TPSA) is 71.9 Å². The first kappa shape index (κ1) is 26.1. The Balaban J connectivity index is 1.41. The van der Waals surface area contributed by atoms with Crippen LogP contribution < -0.4 is 0 Å². The van der Waals surface area contributed by atoms with Gasteiger partial charge in [-0.2, -0.15) is 13.2 Å². The first-order valence-corrected chi connectivity index (χ1v) is 12.8. The van der Waals surface area contributed by atoms with Gasteiger partial charge >= 0.3 is 6.18 Å². The highest BCUT2D eigenvalue weighted by Crippen LogP contribution is 2.38. The van der Waals surface area contributed by atoms with E-state index in [1.54, 1.807) is 35.9 Å². The zero-order valence-corrected chi connectivity index (χ0v) is 21.8. The summed E-state index contributed by atoms with van der Waals surface area (Å²) in [6.07, 6.45) is -3.00. The minimum Gasteiger partial charge on any atom is -0.376 e. The van der Waals surface area contributed by atoms with Gasteiger partial charge in [-0.1, -0.05) is 24.3 Å². The van der Waals surface area contributed by atoms with Crippen LogP contribution in [0.2, 0.25) is 0 Å². The summed E-state index contributed by atoms with van der Waals surface area (Å²) in [4.78, 5) is 9.58. The second kappa shape index (κ2) is 10.1. The van der Waals surface area contributed by atoms with Crippen LogP contribution in [0.1, 0.15) is 18.1 Å². The van der Waals surface area contributed by atoms with Crippen molar-refractivity contribution >= 4 is 11.0 Å². The van der Waals surface area contributed by atoms with Gasteiger partial charge in [0.05, 0.1) is 29.3 Å². The summed E-state index contributed by atoms with van der Waals surface area (Å²) in [6.45, 7) is 4.18. The number of fused-ring (bicyclic) bond motifs is 1. The Kier molecular flexibility index (Phi) is 6.63. The maximum absolute atomic E-state index is 14.2. The molecule has 0 amide bonds. The van der Waals surface area contributed by atoms with E-state index in [1.807, 2.05) is 19.1 Å². The molecule has 1 fully saturated rings. The van der Waals surface area contributed by atoms with Crippen LogP contribution in [0.15, 0.2) is 60.9 Å². The lowest BCUT2D eigenvalue weighted by Crippen LogP contribution is -2.40. The molecule has 40 heavy (non-hydrogen) atoms. The van der Waals surface area contributed by atoms with Gasteiger partial charge in [0.25, 0.3) is 0 Å². The Morgan fingerprint density at radius 1 is 1.05 bits per heavy atom. The van der Waals surface area contributed by atoms with Gasteiger partial charge in [-0.3, -0.25) is 4.90 Å². The number of nitrogens with zero attached hydrogens (tertiary/aromatic N) is 5. The SMILES string of the molecule is C[C@@H]1CN(Cc2cc(C(F)(F)F)c3[nH]c(-c4cccc(-c5ccc(F)cc5-c5nncn5C)c4)nc3c2)CCO1. The van der Waals surface area contributed by atoms with Gasteiger partial charge in [-0.05, 0) is 53.9 Å². The van der Waals surface area contributed by atoms with E-state index in [4.69, 9.17) is 4.74 Å². The second-order valence-electron chi connectivity index (χ2n) is 10.1. The standard InChI is InChI=1S/C29H26F4N6O/c1-17-14-39(8-9-40-17)15-18-10-24(29(31,32)33)26-25(11-18)35-27(36-26)20-5-3-4-19(12-20)22-7-6-21(30)13-23(22)28-37-34-16-38(28)2/h3-7,10-13,16-17H,8-9,14-15H2,1-2H3,(H,35,36)/t17-/m1/s1. The molecule has 1 saturated heterocycles. The molecule has 5 aromatic rings. The molecule has 0 saturated carbocycles. The van der Waals surface area contributed by atoms with Crippen LogP contribution in [0.4, 0.5) is 17.6 Å². The lowest BCUT2D eigenvalue weighted by atomic mass is 9.97. The van der Waals surface area contributed by atoms with Crippen molar-refractivity contribution < 1.29 is 22.3 Å². The Labute approximate surface area is 227 Å². The van der Waals surface area contributed by atoms with Gasteiger partial charge in [0, 0.05) is 37.8 Å². The van der Waals surface area contributed by atoms with E-state index in [0.29, 0.717) is 60.1 Å². The maximum atomic E-state index is 14.2. The van der Waals surface area contributed by atoms with Gasteiger partial charge in [-0.15, -0.1) is 10.2 Å². The molecule has 11 heteroatoms. The zero-order valence-electron chi connectivity index (χ0n) is 21.8. The number of H-pyrrole nitrogens is 1. The Bertz CT molecular complexity index is 1690. The maximum Gasteiger partial charge on any atom is 0.418 e. The lowest BCUT2D eigenvalue weighted by Gasteiger charge is -2.31. The number of morpholine rings is 1. The van der Waals surface area contributed by atoms with Crippen LogP contribution in [-0.4, -0.2) is 55.4 Å². The number of hydrogen-bond donors (Lipinski definition) is 1. The quantitative estimate of drug-likeness (QED) is 0.269. The Morgan fingerprint density at radius 3 is 2.62 bits per heavy atom. The molecule has 0 aliphatic carbocycles. The summed E-state index contributed by atoms with van der Waals surface area (Å²) >= 11 is 0. The first-order chi connectivity index (χ1) is 19.2. The van der Waals surface area contributed by atoms with E-state index in [1.165, 1.54) is 24.5 Å². The number of benzene rings is 3. The number of halogens is 4. The van der Waals surface area contributed by atoms with Crippen LogP contribution in [0.5, 0.6) is 0 Å². The number of aryl methyl sites for hydroxylation is 1. The highest BCUT2D eigenvalue weighted by molar-refractivity contribution is 5.86. The molecular formula is C29H26F4N6O. The monoisotopic (exact) mass is 550 g/mol.